The van der Waals surface area contributed by atoms with Crippen molar-refractivity contribution in [3.63, 3.8) is 0 Å². The van der Waals surface area contributed by atoms with Crippen LogP contribution in [0.3, 0.4) is 0 Å². The number of non-ortho nitro benzene ring substituents is 1. The predicted molar refractivity (Wildman–Crippen MR) is 119 cm³/mol. The maximum absolute atomic E-state index is 11.2. The zero-order chi connectivity index (χ0) is 21.2. The van der Waals surface area contributed by atoms with Crippen LogP contribution in [0, 0.1) is 24.0 Å². The van der Waals surface area contributed by atoms with Crippen LogP contribution >= 0.6 is 7.21 Å². The SMILES string of the molecule is CCP(=Nc1cccc([N+](=O)[O-])c1)(c1c(C)nn(-c2ccccc2)c1C)N(C)C. The molecule has 1 atom stereocenters. The van der Waals surface area contributed by atoms with Crippen LogP contribution in [0.15, 0.2) is 59.3 Å². The number of rotatable bonds is 6. The number of aryl methyl sites for hydroxylation is 1. The largest absolute Gasteiger partial charge is 0.272 e. The summed E-state index contributed by atoms with van der Waals surface area (Å²) < 4.78 is 9.25. The van der Waals surface area contributed by atoms with Gasteiger partial charge in [-0.1, -0.05) is 31.2 Å². The lowest BCUT2D eigenvalue weighted by Gasteiger charge is -2.31. The van der Waals surface area contributed by atoms with Crippen LogP contribution in [-0.2, 0) is 0 Å². The first-order valence-corrected chi connectivity index (χ1v) is 11.3. The van der Waals surface area contributed by atoms with Crippen LogP contribution in [-0.4, -0.2) is 39.6 Å². The van der Waals surface area contributed by atoms with Gasteiger partial charge in [-0.15, -0.1) is 0 Å². The molecule has 2 aromatic carbocycles. The molecule has 0 fully saturated rings. The second-order valence-corrected chi connectivity index (χ2v) is 10.6. The third-order valence-corrected chi connectivity index (χ3v) is 9.17. The molecule has 0 saturated carbocycles. The Morgan fingerprint density at radius 3 is 2.41 bits per heavy atom. The first-order chi connectivity index (χ1) is 13.8. The number of nitro benzene ring substituents is 1. The molecular formula is C21H26N5O2P. The molecule has 0 saturated heterocycles. The molecule has 152 valence electrons. The van der Waals surface area contributed by atoms with E-state index in [9.17, 15) is 10.1 Å². The Labute approximate surface area is 171 Å². The highest BCUT2D eigenvalue weighted by molar-refractivity contribution is 7.71. The summed E-state index contributed by atoms with van der Waals surface area (Å²) in [7, 11) is 1.85. The molecular weight excluding hydrogens is 385 g/mol. The number of para-hydroxylation sites is 1. The van der Waals surface area contributed by atoms with Gasteiger partial charge in [0.1, 0.15) is 0 Å². The quantitative estimate of drug-likeness (QED) is 0.323. The highest BCUT2D eigenvalue weighted by Crippen LogP contribution is 2.54. The van der Waals surface area contributed by atoms with Gasteiger partial charge >= 0.3 is 0 Å². The average molecular weight is 411 g/mol. The van der Waals surface area contributed by atoms with Crippen molar-refractivity contribution in [2.24, 2.45) is 4.74 Å². The molecule has 0 radical (unpaired) electrons. The van der Waals surface area contributed by atoms with Crippen LogP contribution in [0.5, 0.6) is 0 Å². The Bertz CT molecular complexity index is 1090. The van der Waals surface area contributed by atoms with Crippen molar-refractivity contribution in [3.8, 4) is 5.69 Å². The van der Waals surface area contributed by atoms with E-state index in [-0.39, 0.29) is 10.6 Å². The van der Waals surface area contributed by atoms with Gasteiger partial charge in [-0.25, -0.2) is 9.43 Å². The van der Waals surface area contributed by atoms with Crippen LogP contribution in [0.1, 0.15) is 18.3 Å². The lowest BCUT2D eigenvalue weighted by Crippen LogP contribution is -2.23. The van der Waals surface area contributed by atoms with Crippen molar-refractivity contribution in [1.29, 1.82) is 0 Å². The minimum Gasteiger partial charge on any atom is -0.272 e. The van der Waals surface area contributed by atoms with Crippen molar-refractivity contribution in [1.82, 2.24) is 14.5 Å². The fourth-order valence-electron chi connectivity index (χ4n) is 3.68. The fraction of sp³-hybridized carbons (Fsp3) is 0.286. The first kappa shape index (κ1) is 21.0. The molecule has 8 heteroatoms. The molecule has 3 aromatic rings. The van der Waals surface area contributed by atoms with Gasteiger partial charge in [0.2, 0.25) is 0 Å². The van der Waals surface area contributed by atoms with Crippen molar-refractivity contribution in [2.75, 3.05) is 20.3 Å². The number of benzene rings is 2. The van der Waals surface area contributed by atoms with E-state index in [2.05, 4.69) is 18.5 Å². The summed E-state index contributed by atoms with van der Waals surface area (Å²) in [6.07, 6.45) is 0.796. The number of hydrogen-bond acceptors (Lipinski definition) is 4. The van der Waals surface area contributed by atoms with Gasteiger partial charge in [-0.05, 0) is 52.3 Å². The van der Waals surface area contributed by atoms with E-state index in [1.165, 1.54) is 6.07 Å². The summed E-state index contributed by atoms with van der Waals surface area (Å²) in [5.41, 5.74) is 3.65. The van der Waals surface area contributed by atoms with E-state index >= 15 is 0 Å². The molecule has 0 spiro atoms. The fourth-order valence-corrected chi connectivity index (χ4v) is 7.07. The number of aromatic nitrogens is 2. The van der Waals surface area contributed by atoms with E-state index in [0.717, 1.165) is 28.5 Å². The molecule has 7 nitrogen and oxygen atoms in total. The van der Waals surface area contributed by atoms with E-state index in [1.807, 2.05) is 62.1 Å². The monoisotopic (exact) mass is 411 g/mol. The third kappa shape index (κ3) is 3.88. The summed E-state index contributed by atoms with van der Waals surface area (Å²) in [6.45, 7) is 6.20. The van der Waals surface area contributed by atoms with E-state index in [1.54, 1.807) is 12.1 Å². The van der Waals surface area contributed by atoms with Gasteiger partial charge in [-0.2, -0.15) is 5.10 Å². The Kier molecular flexibility index (Phi) is 6.01. The molecule has 0 aliphatic rings. The highest BCUT2D eigenvalue weighted by Gasteiger charge is 2.30. The second-order valence-electron chi connectivity index (χ2n) is 7.04. The van der Waals surface area contributed by atoms with Crippen molar-refractivity contribution in [3.05, 3.63) is 76.1 Å². The predicted octanol–water partition coefficient (Wildman–Crippen LogP) is 5.05. The van der Waals surface area contributed by atoms with Crippen LogP contribution in [0.4, 0.5) is 11.4 Å². The lowest BCUT2D eigenvalue weighted by atomic mass is 10.3. The molecule has 0 amide bonds. The summed E-state index contributed by atoms with van der Waals surface area (Å²) in [6, 6.07) is 16.6. The summed E-state index contributed by atoms with van der Waals surface area (Å²) in [5.74, 6) is 0. The molecule has 0 bridgehead atoms. The van der Waals surface area contributed by atoms with Crippen molar-refractivity contribution in [2.45, 2.75) is 20.8 Å². The Hall–Kier alpha value is -2.76. The zero-order valence-corrected chi connectivity index (χ0v) is 18.3. The lowest BCUT2D eigenvalue weighted by molar-refractivity contribution is -0.384. The van der Waals surface area contributed by atoms with Gasteiger partial charge in [-0.3, -0.25) is 14.8 Å². The first-order valence-electron chi connectivity index (χ1n) is 9.46. The van der Waals surface area contributed by atoms with Gasteiger partial charge in [0, 0.05) is 12.1 Å². The van der Waals surface area contributed by atoms with Crippen molar-refractivity contribution < 1.29 is 4.92 Å². The van der Waals surface area contributed by atoms with Crippen LogP contribution in [0.2, 0.25) is 0 Å². The second kappa shape index (κ2) is 8.31. The summed E-state index contributed by atoms with van der Waals surface area (Å²) >= 11 is 0. The Morgan fingerprint density at radius 1 is 1.14 bits per heavy atom. The molecule has 1 unspecified atom stereocenters. The smallest absolute Gasteiger partial charge is 0.271 e. The standard InChI is InChI=1S/C21H26N5O2P/c1-6-29(24(4)5,23-18-11-10-14-20(15-18)26(27)28)21-16(2)22-25(17(21)3)19-12-8-7-9-13-19/h7-15H,6H2,1-5H3. The molecule has 0 N–H and O–H groups in total. The van der Waals surface area contributed by atoms with E-state index in [0.29, 0.717) is 5.69 Å². The van der Waals surface area contributed by atoms with Gasteiger partial charge in [0.25, 0.3) is 5.69 Å². The number of nitro groups is 1. The number of hydrogen-bond donors (Lipinski definition) is 0. The maximum atomic E-state index is 11.2. The molecule has 1 aromatic heterocycles. The minimum absolute atomic E-state index is 0.0487. The summed E-state index contributed by atoms with van der Waals surface area (Å²) in [5, 5.41) is 17.1. The van der Waals surface area contributed by atoms with Gasteiger partial charge < -0.3 is 0 Å². The van der Waals surface area contributed by atoms with Crippen LogP contribution in [0.25, 0.3) is 5.69 Å². The normalized spacial score (nSPS) is 13.3. The van der Waals surface area contributed by atoms with Gasteiger partial charge in [0.05, 0.1) is 40.2 Å². The Morgan fingerprint density at radius 2 is 1.83 bits per heavy atom. The third-order valence-electron chi connectivity index (χ3n) is 5.04. The number of nitrogens with zero attached hydrogens (tertiary/aromatic N) is 5. The maximum Gasteiger partial charge on any atom is 0.271 e. The topological polar surface area (TPSA) is 76.6 Å². The minimum atomic E-state index is -2.20. The molecule has 1 heterocycles. The highest BCUT2D eigenvalue weighted by atomic mass is 31.2. The molecule has 29 heavy (non-hydrogen) atoms. The van der Waals surface area contributed by atoms with Crippen LogP contribution < -0.4 is 5.30 Å². The average Bonchev–Trinajstić information content (AvgIpc) is 3.01. The van der Waals surface area contributed by atoms with Gasteiger partial charge in [0.15, 0.2) is 0 Å². The van der Waals surface area contributed by atoms with Crippen molar-refractivity contribution >= 4 is 23.9 Å². The summed E-state index contributed by atoms with van der Waals surface area (Å²) in [4.78, 5) is 10.8. The zero-order valence-electron chi connectivity index (χ0n) is 17.4. The van der Waals surface area contributed by atoms with E-state index < -0.39 is 7.21 Å². The van der Waals surface area contributed by atoms with E-state index in [4.69, 9.17) is 9.84 Å². The Balaban J connectivity index is 2.27. The molecule has 0 aliphatic carbocycles. The molecule has 3 rings (SSSR count). The molecule has 0 aliphatic heterocycles.